The summed E-state index contributed by atoms with van der Waals surface area (Å²) in [6.45, 7) is 0. The monoisotopic (exact) mass is 281 g/mol. The molecule has 0 aliphatic carbocycles. The van der Waals surface area contributed by atoms with Crippen LogP contribution in [0.2, 0.25) is 0 Å². The second-order valence-corrected chi connectivity index (χ2v) is 4.20. The molecule has 1 atom stereocenters. The van der Waals surface area contributed by atoms with Crippen molar-refractivity contribution in [2.24, 2.45) is 0 Å². The molecule has 1 aromatic carbocycles. The third kappa shape index (κ3) is 3.42. The first-order chi connectivity index (χ1) is 10.1. The normalized spacial score (nSPS) is 11.2. The van der Waals surface area contributed by atoms with Crippen molar-refractivity contribution in [1.82, 2.24) is 10.3 Å². The van der Waals surface area contributed by atoms with Gasteiger partial charge in [-0.1, -0.05) is 30.3 Å². The Hall–Kier alpha value is -3.20. The summed E-state index contributed by atoms with van der Waals surface area (Å²) in [6, 6.07) is 11.9. The third-order valence-corrected chi connectivity index (χ3v) is 2.78. The highest BCUT2D eigenvalue weighted by molar-refractivity contribution is 5.95. The minimum Gasteiger partial charge on any atom is -0.479 e. The standard InChI is InChI=1S/C15H11N3O3/c16-8-10-6-7-12(17-9-10)14(19)18-13(15(20)21)11-4-2-1-3-5-11/h1-7,9,13H,(H,18,19)(H,20,21)/t13-/m0/s1. The summed E-state index contributed by atoms with van der Waals surface area (Å²) in [5.41, 5.74) is 0.840. The first-order valence-corrected chi connectivity index (χ1v) is 6.06. The van der Waals surface area contributed by atoms with E-state index in [1.54, 1.807) is 30.3 Å². The van der Waals surface area contributed by atoms with Crippen LogP contribution in [-0.2, 0) is 4.79 Å². The van der Waals surface area contributed by atoms with Gasteiger partial charge in [-0.2, -0.15) is 5.26 Å². The van der Waals surface area contributed by atoms with Gasteiger partial charge in [0.25, 0.3) is 5.91 Å². The van der Waals surface area contributed by atoms with Gasteiger partial charge in [0, 0.05) is 6.20 Å². The SMILES string of the molecule is N#Cc1ccc(C(=O)N[C@H](C(=O)O)c2ccccc2)nc1. The van der Waals surface area contributed by atoms with Crippen LogP contribution in [0.15, 0.2) is 48.7 Å². The van der Waals surface area contributed by atoms with Crippen LogP contribution in [0, 0.1) is 11.3 Å². The molecule has 0 aliphatic heterocycles. The molecule has 0 fully saturated rings. The Morgan fingerprint density at radius 2 is 1.90 bits per heavy atom. The number of carbonyl (C=O) groups is 2. The van der Waals surface area contributed by atoms with Gasteiger partial charge in [-0.25, -0.2) is 9.78 Å². The minimum absolute atomic E-state index is 0.0520. The number of benzene rings is 1. The van der Waals surface area contributed by atoms with E-state index in [0.29, 0.717) is 11.1 Å². The number of aromatic nitrogens is 1. The summed E-state index contributed by atoms with van der Waals surface area (Å²) < 4.78 is 0. The molecule has 1 aromatic heterocycles. The Kier molecular flexibility index (Phi) is 4.26. The van der Waals surface area contributed by atoms with Crippen molar-refractivity contribution >= 4 is 11.9 Å². The van der Waals surface area contributed by atoms with Crippen LogP contribution in [0.1, 0.15) is 27.7 Å². The molecule has 104 valence electrons. The highest BCUT2D eigenvalue weighted by Crippen LogP contribution is 2.13. The highest BCUT2D eigenvalue weighted by Gasteiger charge is 2.22. The zero-order valence-electron chi connectivity index (χ0n) is 10.9. The number of carboxylic acid groups (broad SMARTS) is 1. The molecule has 0 unspecified atom stereocenters. The number of nitrogens with zero attached hydrogens (tertiary/aromatic N) is 2. The van der Waals surface area contributed by atoms with Gasteiger partial charge >= 0.3 is 5.97 Å². The molecule has 2 N–H and O–H groups in total. The number of carbonyl (C=O) groups excluding carboxylic acids is 1. The van der Waals surface area contributed by atoms with E-state index in [1.165, 1.54) is 18.3 Å². The molecule has 6 nitrogen and oxygen atoms in total. The van der Waals surface area contributed by atoms with Gasteiger partial charge in [0.05, 0.1) is 5.56 Å². The number of pyridine rings is 1. The number of rotatable bonds is 4. The molecule has 0 saturated heterocycles. The Labute approximate surface area is 120 Å². The van der Waals surface area contributed by atoms with Gasteiger partial charge in [-0.3, -0.25) is 4.79 Å². The zero-order valence-corrected chi connectivity index (χ0v) is 10.9. The maximum atomic E-state index is 12.0. The van der Waals surface area contributed by atoms with Gasteiger partial charge in [-0.15, -0.1) is 0 Å². The van der Waals surface area contributed by atoms with Crippen LogP contribution in [0.4, 0.5) is 0 Å². The maximum Gasteiger partial charge on any atom is 0.330 e. The zero-order chi connectivity index (χ0) is 15.2. The number of nitriles is 1. The lowest BCUT2D eigenvalue weighted by Crippen LogP contribution is -2.34. The van der Waals surface area contributed by atoms with Crippen LogP contribution >= 0.6 is 0 Å². The Morgan fingerprint density at radius 1 is 1.19 bits per heavy atom. The van der Waals surface area contributed by atoms with Crippen LogP contribution in [0.3, 0.4) is 0 Å². The van der Waals surface area contributed by atoms with E-state index < -0.39 is 17.9 Å². The van der Waals surface area contributed by atoms with Crippen molar-refractivity contribution < 1.29 is 14.7 Å². The van der Waals surface area contributed by atoms with Crippen molar-refractivity contribution in [3.05, 3.63) is 65.5 Å². The Morgan fingerprint density at radius 3 is 2.43 bits per heavy atom. The molecule has 2 rings (SSSR count). The second kappa shape index (κ2) is 6.30. The lowest BCUT2D eigenvalue weighted by Gasteiger charge is -2.14. The molecule has 0 saturated carbocycles. The summed E-state index contributed by atoms with van der Waals surface area (Å²) in [4.78, 5) is 27.1. The van der Waals surface area contributed by atoms with E-state index in [9.17, 15) is 14.7 Å². The summed E-state index contributed by atoms with van der Waals surface area (Å²) in [6.07, 6.45) is 1.26. The van der Waals surface area contributed by atoms with Crippen molar-refractivity contribution in [2.45, 2.75) is 6.04 Å². The quantitative estimate of drug-likeness (QED) is 0.884. The number of nitrogens with one attached hydrogen (secondary N) is 1. The maximum absolute atomic E-state index is 12.0. The van der Waals surface area contributed by atoms with E-state index in [0.717, 1.165) is 0 Å². The summed E-state index contributed by atoms with van der Waals surface area (Å²) in [7, 11) is 0. The second-order valence-electron chi connectivity index (χ2n) is 4.20. The van der Waals surface area contributed by atoms with Gasteiger partial charge in [0.15, 0.2) is 6.04 Å². The van der Waals surface area contributed by atoms with E-state index in [1.807, 2.05) is 6.07 Å². The molecule has 0 radical (unpaired) electrons. The molecule has 1 amide bonds. The molecular formula is C15H11N3O3. The highest BCUT2D eigenvalue weighted by atomic mass is 16.4. The average Bonchev–Trinajstić information content (AvgIpc) is 2.53. The van der Waals surface area contributed by atoms with E-state index in [2.05, 4.69) is 10.3 Å². The van der Waals surface area contributed by atoms with Gasteiger partial charge in [0.1, 0.15) is 11.8 Å². The number of amides is 1. The Bertz CT molecular complexity index is 690. The summed E-state index contributed by atoms with van der Waals surface area (Å²) >= 11 is 0. The van der Waals surface area contributed by atoms with E-state index in [-0.39, 0.29) is 5.69 Å². The fourth-order valence-corrected chi connectivity index (χ4v) is 1.73. The predicted molar refractivity (Wildman–Crippen MR) is 73.2 cm³/mol. The number of carboxylic acids is 1. The molecule has 0 bridgehead atoms. The topological polar surface area (TPSA) is 103 Å². The van der Waals surface area contributed by atoms with Gasteiger partial charge in [0.2, 0.25) is 0 Å². The van der Waals surface area contributed by atoms with Crippen LogP contribution in [-0.4, -0.2) is 22.0 Å². The molecule has 6 heteroatoms. The van der Waals surface area contributed by atoms with Crippen LogP contribution < -0.4 is 5.32 Å². The molecule has 2 aromatic rings. The summed E-state index contributed by atoms with van der Waals surface area (Å²) in [5, 5.41) is 20.3. The molecule has 0 spiro atoms. The lowest BCUT2D eigenvalue weighted by atomic mass is 10.1. The average molecular weight is 281 g/mol. The Balaban J connectivity index is 2.19. The largest absolute Gasteiger partial charge is 0.479 e. The van der Waals surface area contributed by atoms with Crippen LogP contribution in [0.25, 0.3) is 0 Å². The van der Waals surface area contributed by atoms with Crippen molar-refractivity contribution in [2.75, 3.05) is 0 Å². The first kappa shape index (κ1) is 14.2. The van der Waals surface area contributed by atoms with E-state index in [4.69, 9.17) is 5.26 Å². The van der Waals surface area contributed by atoms with Crippen molar-refractivity contribution in [1.29, 1.82) is 5.26 Å². The fourth-order valence-electron chi connectivity index (χ4n) is 1.73. The smallest absolute Gasteiger partial charge is 0.330 e. The third-order valence-electron chi connectivity index (χ3n) is 2.78. The van der Waals surface area contributed by atoms with Gasteiger partial charge in [-0.05, 0) is 17.7 Å². The number of hydrogen-bond acceptors (Lipinski definition) is 4. The summed E-state index contributed by atoms with van der Waals surface area (Å²) in [5.74, 6) is -1.78. The number of aliphatic carboxylic acids is 1. The predicted octanol–water partition coefficient (Wildman–Crippen LogP) is 1.51. The van der Waals surface area contributed by atoms with Crippen LogP contribution in [0.5, 0.6) is 0 Å². The van der Waals surface area contributed by atoms with Crippen molar-refractivity contribution in [3.63, 3.8) is 0 Å². The van der Waals surface area contributed by atoms with Crippen molar-refractivity contribution in [3.8, 4) is 6.07 Å². The molecule has 1 heterocycles. The van der Waals surface area contributed by atoms with E-state index >= 15 is 0 Å². The molecular weight excluding hydrogens is 270 g/mol. The lowest BCUT2D eigenvalue weighted by molar-refractivity contribution is -0.139. The first-order valence-electron chi connectivity index (χ1n) is 6.06. The minimum atomic E-state index is -1.16. The fraction of sp³-hybridized carbons (Fsp3) is 0.0667. The molecule has 21 heavy (non-hydrogen) atoms. The number of hydrogen-bond donors (Lipinski definition) is 2. The van der Waals surface area contributed by atoms with Gasteiger partial charge < -0.3 is 10.4 Å². The molecule has 0 aliphatic rings.